The first-order valence-electron chi connectivity index (χ1n) is 10.1. The first-order chi connectivity index (χ1) is 14.1. The Morgan fingerprint density at radius 3 is 2.28 bits per heavy atom. The van der Waals surface area contributed by atoms with E-state index in [1.54, 1.807) is 24.3 Å². The average Bonchev–Trinajstić information content (AvgIpc) is 3.20. The Hall–Kier alpha value is -2.20. The SMILES string of the molecule is O=NNC1C(=O)c2ccccc2C(=O)C1NCCCN1CCC2(CC1)OCCO2. The van der Waals surface area contributed by atoms with Crippen LogP contribution in [0.1, 0.15) is 40.0 Å². The third kappa shape index (κ3) is 4.09. The molecule has 4 rings (SSSR count). The van der Waals surface area contributed by atoms with Gasteiger partial charge in [0.1, 0.15) is 12.1 Å². The van der Waals surface area contributed by atoms with Crippen LogP contribution in [-0.2, 0) is 9.47 Å². The Morgan fingerprint density at radius 2 is 1.66 bits per heavy atom. The summed E-state index contributed by atoms with van der Waals surface area (Å²) in [6, 6.07) is 4.89. The normalized spacial score (nSPS) is 26.5. The zero-order chi connectivity index (χ0) is 20.3. The number of hydrogen-bond donors (Lipinski definition) is 2. The van der Waals surface area contributed by atoms with Crippen LogP contribution in [0.3, 0.4) is 0 Å². The van der Waals surface area contributed by atoms with E-state index in [0.717, 1.165) is 38.9 Å². The average molecular weight is 402 g/mol. The van der Waals surface area contributed by atoms with E-state index >= 15 is 0 Å². The van der Waals surface area contributed by atoms with Crippen molar-refractivity contribution >= 4 is 11.6 Å². The predicted molar refractivity (Wildman–Crippen MR) is 105 cm³/mol. The van der Waals surface area contributed by atoms with Gasteiger partial charge in [0.05, 0.1) is 18.5 Å². The number of Topliss-reactive ketones (excluding diaryl/α,β-unsaturated/α-hetero) is 2. The van der Waals surface area contributed by atoms with Crippen molar-refractivity contribution < 1.29 is 19.1 Å². The van der Waals surface area contributed by atoms with Crippen molar-refractivity contribution in [2.75, 3.05) is 39.4 Å². The number of nitrogens with one attached hydrogen (secondary N) is 2. The van der Waals surface area contributed by atoms with Crippen molar-refractivity contribution in [3.63, 3.8) is 0 Å². The number of carbonyl (C=O) groups is 2. The van der Waals surface area contributed by atoms with Crippen LogP contribution in [0.25, 0.3) is 0 Å². The quantitative estimate of drug-likeness (QED) is 0.393. The highest BCUT2D eigenvalue weighted by atomic mass is 16.7. The standard InChI is InChI=1S/C20H26N4O5/c25-18-14-4-1-2-5-15(14)19(26)17(22-23-27)16(18)21-8-3-9-24-10-6-20(7-11-24)28-12-13-29-20/h1-2,4-5,16-17,21H,3,6-13H2,(H,22,27). The highest BCUT2D eigenvalue weighted by Gasteiger charge is 2.42. The van der Waals surface area contributed by atoms with Gasteiger partial charge in [0.2, 0.25) is 0 Å². The highest BCUT2D eigenvalue weighted by Crippen LogP contribution is 2.31. The number of benzene rings is 1. The fraction of sp³-hybridized carbons (Fsp3) is 0.600. The van der Waals surface area contributed by atoms with Crippen LogP contribution < -0.4 is 10.7 Å². The van der Waals surface area contributed by atoms with E-state index in [4.69, 9.17) is 9.47 Å². The van der Waals surface area contributed by atoms with Gasteiger partial charge >= 0.3 is 0 Å². The van der Waals surface area contributed by atoms with Crippen LogP contribution in [0.5, 0.6) is 0 Å². The smallest absolute Gasteiger partial charge is 0.189 e. The fourth-order valence-electron chi connectivity index (χ4n) is 4.41. The summed E-state index contributed by atoms with van der Waals surface area (Å²) in [6.07, 6.45) is 2.54. The number of nitrogens with zero attached hydrogens (tertiary/aromatic N) is 2. The molecule has 0 bridgehead atoms. The van der Waals surface area contributed by atoms with Gasteiger partial charge in [0, 0.05) is 37.1 Å². The Bertz CT molecular complexity index is 770. The second-order valence-electron chi connectivity index (χ2n) is 7.71. The summed E-state index contributed by atoms with van der Waals surface area (Å²) in [5.74, 6) is -0.871. The lowest BCUT2D eigenvalue weighted by atomic mass is 9.82. The van der Waals surface area contributed by atoms with Gasteiger partial charge in [-0.15, -0.1) is 4.91 Å². The Balaban J connectivity index is 1.30. The number of likely N-dealkylation sites (tertiary alicyclic amines) is 1. The zero-order valence-corrected chi connectivity index (χ0v) is 16.3. The molecule has 3 aliphatic rings. The first-order valence-corrected chi connectivity index (χ1v) is 10.1. The lowest BCUT2D eigenvalue weighted by Crippen LogP contribution is -2.58. The summed E-state index contributed by atoms with van der Waals surface area (Å²) >= 11 is 0. The molecule has 2 heterocycles. The maximum absolute atomic E-state index is 12.9. The topological polar surface area (TPSA) is 109 Å². The summed E-state index contributed by atoms with van der Waals surface area (Å²) in [4.78, 5) is 38.6. The lowest BCUT2D eigenvalue weighted by Gasteiger charge is -2.37. The molecule has 1 aromatic rings. The van der Waals surface area contributed by atoms with Crippen LogP contribution >= 0.6 is 0 Å². The van der Waals surface area contributed by atoms with Crippen LogP contribution in [0.15, 0.2) is 29.6 Å². The molecule has 2 aliphatic heterocycles. The van der Waals surface area contributed by atoms with E-state index < -0.39 is 12.1 Å². The van der Waals surface area contributed by atoms with Gasteiger partial charge in [0.25, 0.3) is 0 Å². The number of ether oxygens (including phenoxy) is 2. The molecule has 9 nitrogen and oxygen atoms in total. The monoisotopic (exact) mass is 402 g/mol. The molecule has 9 heteroatoms. The van der Waals surface area contributed by atoms with Crippen LogP contribution in [0.4, 0.5) is 0 Å². The van der Waals surface area contributed by atoms with Gasteiger partial charge in [-0.1, -0.05) is 24.3 Å². The van der Waals surface area contributed by atoms with Crippen LogP contribution in [0.2, 0.25) is 0 Å². The molecule has 1 spiro atoms. The molecule has 2 fully saturated rings. The Labute approximate surface area is 169 Å². The molecule has 0 amide bonds. The number of rotatable bonds is 7. The second kappa shape index (κ2) is 8.66. The van der Waals surface area contributed by atoms with E-state index in [-0.39, 0.29) is 17.4 Å². The van der Waals surface area contributed by atoms with Crippen molar-refractivity contribution in [1.82, 2.24) is 15.6 Å². The molecule has 1 aliphatic carbocycles. The van der Waals surface area contributed by atoms with Gasteiger partial charge in [-0.2, -0.15) is 0 Å². The number of piperidine rings is 1. The molecule has 0 saturated carbocycles. The van der Waals surface area contributed by atoms with Crippen molar-refractivity contribution in [2.24, 2.45) is 5.29 Å². The third-order valence-corrected chi connectivity index (χ3v) is 5.99. The minimum absolute atomic E-state index is 0.197. The molecule has 29 heavy (non-hydrogen) atoms. The Kier molecular flexibility index (Phi) is 6.00. The van der Waals surface area contributed by atoms with Gasteiger partial charge in [-0.3, -0.25) is 15.0 Å². The molecule has 156 valence electrons. The number of hydrogen-bond acceptors (Lipinski definition) is 8. The summed E-state index contributed by atoms with van der Waals surface area (Å²) in [7, 11) is 0. The largest absolute Gasteiger partial charge is 0.347 e. The van der Waals surface area contributed by atoms with E-state index in [1.165, 1.54) is 0 Å². The number of ketones is 2. The Morgan fingerprint density at radius 1 is 1.03 bits per heavy atom. The molecule has 2 N–H and O–H groups in total. The predicted octanol–water partition coefficient (Wildman–Crippen LogP) is 0.892. The first kappa shape index (κ1) is 20.1. The number of nitroso groups, excluding NO2 is 1. The van der Waals surface area contributed by atoms with Crippen LogP contribution in [-0.4, -0.2) is 73.7 Å². The highest BCUT2D eigenvalue weighted by molar-refractivity contribution is 6.19. The number of fused-ring (bicyclic) bond motifs is 1. The molecule has 2 saturated heterocycles. The van der Waals surface area contributed by atoms with Crippen molar-refractivity contribution in [3.05, 3.63) is 40.3 Å². The van der Waals surface area contributed by atoms with Gasteiger partial charge in [0.15, 0.2) is 17.4 Å². The fourth-order valence-corrected chi connectivity index (χ4v) is 4.41. The van der Waals surface area contributed by atoms with E-state index in [1.807, 2.05) is 0 Å². The van der Waals surface area contributed by atoms with Crippen LogP contribution in [0, 0.1) is 4.91 Å². The van der Waals surface area contributed by atoms with E-state index in [0.29, 0.717) is 30.9 Å². The summed E-state index contributed by atoms with van der Waals surface area (Å²) in [5.41, 5.74) is 2.99. The lowest BCUT2D eigenvalue weighted by molar-refractivity contribution is -0.185. The minimum Gasteiger partial charge on any atom is -0.347 e. The van der Waals surface area contributed by atoms with E-state index in [2.05, 4.69) is 20.9 Å². The molecule has 0 aromatic heterocycles. The molecule has 2 atom stereocenters. The third-order valence-electron chi connectivity index (χ3n) is 5.99. The van der Waals surface area contributed by atoms with Crippen molar-refractivity contribution in [2.45, 2.75) is 37.1 Å². The maximum atomic E-state index is 12.9. The summed E-state index contributed by atoms with van der Waals surface area (Å²) < 4.78 is 11.5. The molecular weight excluding hydrogens is 376 g/mol. The van der Waals surface area contributed by atoms with Gasteiger partial charge < -0.3 is 19.7 Å². The van der Waals surface area contributed by atoms with Crippen molar-refractivity contribution in [1.29, 1.82) is 0 Å². The molecular formula is C20H26N4O5. The second-order valence-corrected chi connectivity index (χ2v) is 7.71. The molecule has 0 radical (unpaired) electrons. The van der Waals surface area contributed by atoms with Gasteiger partial charge in [-0.25, -0.2) is 0 Å². The van der Waals surface area contributed by atoms with E-state index in [9.17, 15) is 14.5 Å². The minimum atomic E-state index is -0.985. The molecule has 2 unspecified atom stereocenters. The van der Waals surface area contributed by atoms with Gasteiger partial charge in [-0.05, 0) is 19.5 Å². The maximum Gasteiger partial charge on any atom is 0.189 e. The summed E-state index contributed by atoms with van der Waals surface area (Å²) in [5, 5.41) is 5.82. The molecule has 1 aromatic carbocycles. The zero-order valence-electron chi connectivity index (χ0n) is 16.3. The number of carbonyl (C=O) groups excluding carboxylic acids is 2. The van der Waals surface area contributed by atoms with Crippen molar-refractivity contribution in [3.8, 4) is 0 Å². The summed E-state index contributed by atoms with van der Waals surface area (Å²) in [6.45, 7) is 4.59.